The molecule has 2 heterocycles. The minimum absolute atomic E-state index is 0.00488. The molecule has 372 valence electrons. The first-order chi connectivity index (χ1) is 31.8. The molecular weight excluding hydrogens is 895 g/mol. The van der Waals surface area contributed by atoms with Crippen LogP contribution in [0, 0.1) is 5.92 Å². The van der Waals surface area contributed by atoms with E-state index in [-0.39, 0.29) is 50.3 Å². The monoisotopic (exact) mass is 961 g/mol. The van der Waals surface area contributed by atoms with E-state index in [2.05, 4.69) is 37.2 Å². The molecule has 0 aromatic heterocycles. The predicted octanol–water partition coefficient (Wildman–Crippen LogP) is -3.69. The first kappa shape index (κ1) is 55.3. The van der Waals surface area contributed by atoms with Crippen LogP contribution in [0.4, 0.5) is 0 Å². The minimum Gasteiger partial charge on any atom is -0.494 e. The molecule has 3 rings (SSSR count). The van der Waals surface area contributed by atoms with Gasteiger partial charge in [-0.1, -0.05) is 32.4 Å². The van der Waals surface area contributed by atoms with Crippen molar-refractivity contribution < 1.29 is 57.8 Å². The molecule has 67 heavy (non-hydrogen) atoms. The Kier molecular flexibility index (Phi) is 22.8. The Morgan fingerprint density at radius 2 is 1.54 bits per heavy atom. The Labute approximate surface area is 393 Å². The number of thioether (sulfide) groups is 1. The predicted molar refractivity (Wildman–Crippen MR) is 245 cm³/mol. The largest absolute Gasteiger partial charge is 0.494 e. The van der Waals surface area contributed by atoms with E-state index >= 15 is 0 Å². The van der Waals surface area contributed by atoms with Gasteiger partial charge in [-0.3, -0.25) is 47.9 Å². The summed E-state index contributed by atoms with van der Waals surface area (Å²) in [5, 5.41) is 28.6. The molecule has 0 spiro atoms. The fraction of sp³-hybridized carbons (Fsp3) is 0.628. The standard InChI is InChI=1S/C43H67N11O12S/c1-5-23(3)35-41(63)53-36(24(4)55)42(64)50-29(20-32(45)56)38(60)51-30(22-67-18-15-34(58)48-28(39(61)52-35)19-25-11-13-26(14-12-25)66-6-2)43(65)54-17-8-10-31(54)40(62)49-27(9-7-16-44)37(59)47-21-33(46)57/h11-14,23-24,27-31,35-36,55H,5-10,15-22,44H2,1-4H3,(H2,45,56)(H2,46,57)(H,47,59)(H,48,58)(H,49,62)(H,50,64)(H,51,60)(H,52,61)(H,53,63)/t23-,24+,27-,28+,29-,30+,31-,35-,36-/m0/s1. The molecule has 0 bridgehead atoms. The highest BCUT2D eigenvalue weighted by molar-refractivity contribution is 7.99. The van der Waals surface area contributed by atoms with Crippen molar-refractivity contribution >= 4 is 70.8 Å². The van der Waals surface area contributed by atoms with Crippen LogP contribution in [0.5, 0.6) is 5.75 Å². The fourth-order valence-electron chi connectivity index (χ4n) is 7.35. The average Bonchev–Trinajstić information content (AvgIpc) is 3.78. The van der Waals surface area contributed by atoms with Crippen molar-refractivity contribution in [2.45, 2.75) is 127 Å². The average molecular weight is 962 g/mol. The molecule has 10 amide bonds. The van der Waals surface area contributed by atoms with Gasteiger partial charge in [0.05, 0.1) is 25.7 Å². The zero-order valence-corrected chi connectivity index (χ0v) is 39.2. The van der Waals surface area contributed by atoms with Gasteiger partial charge in [0.1, 0.15) is 48.0 Å². The molecule has 0 saturated carbocycles. The number of aliphatic hydroxyl groups is 1. The highest BCUT2D eigenvalue weighted by Crippen LogP contribution is 2.21. The third kappa shape index (κ3) is 17.6. The molecule has 2 aliphatic rings. The first-order valence-electron chi connectivity index (χ1n) is 22.4. The number of benzene rings is 1. The Balaban J connectivity index is 2.01. The van der Waals surface area contributed by atoms with E-state index < -0.39 is 126 Å². The summed E-state index contributed by atoms with van der Waals surface area (Å²) in [6.45, 7) is 6.69. The van der Waals surface area contributed by atoms with Crippen molar-refractivity contribution in [1.82, 2.24) is 42.1 Å². The lowest BCUT2D eigenvalue weighted by Crippen LogP contribution is -2.63. The Morgan fingerprint density at radius 1 is 0.881 bits per heavy atom. The van der Waals surface area contributed by atoms with Gasteiger partial charge in [-0.2, -0.15) is 11.8 Å². The lowest BCUT2D eigenvalue weighted by molar-refractivity contribution is -0.142. The summed E-state index contributed by atoms with van der Waals surface area (Å²) in [5.41, 5.74) is 16.9. The molecule has 24 heteroatoms. The number of carbonyl (C=O) groups excluding carboxylic acids is 10. The number of ether oxygens (including phenoxy) is 1. The Hall–Kier alpha value is -6.01. The summed E-state index contributed by atoms with van der Waals surface area (Å²) in [4.78, 5) is 135. The number of hydrogen-bond acceptors (Lipinski definition) is 14. The highest BCUT2D eigenvalue weighted by atomic mass is 32.2. The van der Waals surface area contributed by atoms with E-state index in [1.54, 1.807) is 38.1 Å². The topological polar surface area (TPSA) is 366 Å². The molecule has 2 fully saturated rings. The fourth-order valence-corrected chi connectivity index (χ4v) is 8.31. The Bertz CT molecular complexity index is 1920. The van der Waals surface area contributed by atoms with Gasteiger partial charge in [0.25, 0.3) is 0 Å². The van der Waals surface area contributed by atoms with Crippen LogP contribution in [-0.4, -0.2) is 155 Å². The maximum Gasteiger partial charge on any atom is 0.246 e. The number of rotatable bonds is 18. The Morgan fingerprint density at radius 3 is 2.15 bits per heavy atom. The molecule has 9 atom stereocenters. The van der Waals surface area contributed by atoms with Crippen LogP contribution in [0.1, 0.15) is 78.2 Å². The van der Waals surface area contributed by atoms with E-state index in [4.69, 9.17) is 21.9 Å². The molecule has 1 aromatic carbocycles. The van der Waals surface area contributed by atoms with Gasteiger partial charge in [0.2, 0.25) is 59.1 Å². The van der Waals surface area contributed by atoms with E-state index in [0.717, 1.165) is 11.8 Å². The highest BCUT2D eigenvalue weighted by Gasteiger charge is 2.41. The second-order valence-corrected chi connectivity index (χ2v) is 17.6. The molecule has 1 aromatic rings. The molecule has 0 aliphatic carbocycles. The smallest absolute Gasteiger partial charge is 0.246 e. The molecule has 14 N–H and O–H groups in total. The van der Waals surface area contributed by atoms with Gasteiger partial charge in [0, 0.05) is 30.9 Å². The van der Waals surface area contributed by atoms with Crippen LogP contribution < -0.4 is 59.2 Å². The molecule has 0 unspecified atom stereocenters. The zero-order chi connectivity index (χ0) is 49.8. The summed E-state index contributed by atoms with van der Waals surface area (Å²) in [6, 6.07) is -2.72. The van der Waals surface area contributed by atoms with Crippen molar-refractivity contribution in [3.8, 4) is 5.75 Å². The lowest BCUT2D eigenvalue weighted by atomic mass is 9.96. The number of hydrogen-bond donors (Lipinski definition) is 11. The van der Waals surface area contributed by atoms with Crippen LogP contribution in [0.25, 0.3) is 0 Å². The van der Waals surface area contributed by atoms with Crippen LogP contribution in [-0.2, 0) is 54.4 Å². The van der Waals surface area contributed by atoms with Gasteiger partial charge in [-0.25, -0.2) is 0 Å². The first-order valence-corrected chi connectivity index (χ1v) is 23.6. The lowest BCUT2D eigenvalue weighted by Gasteiger charge is -2.31. The molecule has 2 aliphatic heterocycles. The number of nitrogens with two attached hydrogens (primary N) is 3. The van der Waals surface area contributed by atoms with Crippen molar-refractivity contribution in [2.24, 2.45) is 23.1 Å². The molecule has 23 nitrogen and oxygen atoms in total. The van der Waals surface area contributed by atoms with Gasteiger partial charge in [-0.15, -0.1) is 0 Å². The zero-order valence-electron chi connectivity index (χ0n) is 38.4. The van der Waals surface area contributed by atoms with Crippen molar-refractivity contribution in [2.75, 3.05) is 37.7 Å². The van der Waals surface area contributed by atoms with Gasteiger partial charge < -0.3 is 69.2 Å². The number of nitrogens with zero attached hydrogens (tertiary/aromatic N) is 1. The van der Waals surface area contributed by atoms with Crippen LogP contribution in [0.2, 0.25) is 0 Å². The molecular formula is C43H67N11O12S. The minimum atomic E-state index is -1.73. The number of primary amides is 2. The quantitative estimate of drug-likeness (QED) is 0.0675. The molecule has 0 radical (unpaired) electrons. The number of carbonyl (C=O) groups is 10. The maximum atomic E-state index is 14.4. The van der Waals surface area contributed by atoms with Gasteiger partial charge >= 0.3 is 0 Å². The van der Waals surface area contributed by atoms with Crippen LogP contribution in [0.3, 0.4) is 0 Å². The maximum absolute atomic E-state index is 14.4. The van der Waals surface area contributed by atoms with E-state index in [1.807, 2.05) is 6.92 Å². The number of likely N-dealkylation sites (tertiary alicyclic amines) is 1. The van der Waals surface area contributed by atoms with Gasteiger partial charge in [-0.05, 0) is 69.7 Å². The molecule has 2 saturated heterocycles. The second kappa shape index (κ2) is 27.6. The second-order valence-electron chi connectivity index (χ2n) is 16.5. The third-order valence-corrected chi connectivity index (χ3v) is 12.3. The summed E-state index contributed by atoms with van der Waals surface area (Å²) in [7, 11) is 0. The van der Waals surface area contributed by atoms with E-state index in [1.165, 1.54) is 11.8 Å². The SMILES string of the molecule is CCOc1ccc(C[C@H]2NC(=O)CCSC[C@H](C(=O)N3CCC[C@H]3C(=O)N[C@@H](CCCN)C(=O)NCC(N)=O)NC(=O)[C@H](CC(N)=O)NC(=O)[C@H]([C@@H](C)O)NC(=O)[C@H]([C@@H](C)CC)NC2=O)cc1. The van der Waals surface area contributed by atoms with Crippen molar-refractivity contribution in [3.63, 3.8) is 0 Å². The third-order valence-electron chi connectivity index (χ3n) is 11.2. The summed E-state index contributed by atoms with van der Waals surface area (Å²) in [6.07, 6.45) is -1.18. The van der Waals surface area contributed by atoms with Crippen molar-refractivity contribution in [1.29, 1.82) is 0 Å². The summed E-state index contributed by atoms with van der Waals surface area (Å²) >= 11 is 1.07. The van der Waals surface area contributed by atoms with Gasteiger partial charge in [0.15, 0.2) is 0 Å². The summed E-state index contributed by atoms with van der Waals surface area (Å²) < 4.78 is 5.53. The normalized spacial score (nSPS) is 23.8. The van der Waals surface area contributed by atoms with E-state index in [0.29, 0.717) is 37.2 Å². The number of aliphatic hydroxyl groups excluding tert-OH is 1. The number of nitrogens with one attached hydrogen (secondary N) is 7. The van der Waals surface area contributed by atoms with E-state index in [9.17, 15) is 53.1 Å². The van der Waals surface area contributed by atoms with Crippen LogP contribution >= 0.6 is 11.8 Å². The number of amides is 10. The van der Waals surface area contributed by atoms with Crippen LogP contribution in [0.15, 0.2) is 24.3 Å². The van der Waals surface area contributed by atoms with Crippen molar-refractivity contribution in [3.05, 3.63) is 29.8 Å². The summed E-state index contributed by atoms with van der Waals surface area (Å²) in [5.74, 6) is -8.31.